The van der Waals surface area contributed by atoms with Crippen molar-refractivity contribution in [2.45, 2.75) is 19.8 Å². The van der Waals surface area contributed by atoms with Crippen molar-refractivity contribution in [1.82, 2.24) is 9.80 Å². The quantitative estimate of drug-likeness (QED) is 0.352. The van der Waals surface area contributed by atoms with Crippen LogP contribution in [0.1, 0.15) is 19.8 Å². The van der Waals surface area contributed by atoms with E-state index < -0.39 is 12.1 Å². The van der Waals surface area contributed by atoms with Crippen molar-refractivity contribution in [3.05, 3.63) is 11.8 Å². The number of ether oxygens (including phenoxy) is 1. The molecule has 0 aromatic heterocycles. The van der Waals surface area contributed by atoms with E-state index in [-0.39, 0.29) is 23.9 Å². The Bertz CT molecular complexity index is 437. The minimum Gasteiger partial charge on any atom is -0.465 e. The smallest absolute Gasteiger partial charge is 0.407 e. The molecule has 7 heteroatoms. The number of likely N-dealkylation sites (tertiary alicyclic amines) is 1. The maximum atomic E-state index is 12.5. The van der Waals surface area contributed by atoms with Gasteiger partial charge in [-0.05, 0) is 19.8 Å². The lowest BCUT2D eigenvalue weighted by Gasteiger charge is -2.29. The number of carboxylic acid groups (broad SMARTS) is 1. The number of carbonyl (C=O) groups excluding carboxylic acids is 2. The van der Waals surface area contributed by atoms with Gasteiger partial charge in [-0.15, -0.1) is 0 Å². The molecule has 1 heterocycles. The van der Waals surface area contributed by atoms with Crippen LogP contribution in [0, 0.1) is 5.92 Å². The van der Waals surface area contributed by atoms with Gasteiger partial charge in [0.1, 0.15) is 5.57 Å². The van der Waals surface area contributed by atoms with Crippen molar-refractivity contribution in [2.24, 2.45) is 5.92 Å². The summed E-state index contributed by atoms with van der Waals surface area (Å²) in [6.45, 7) is 2.50. The number of esters is 1. The third-order valence-corrected chi connectivity index (χ3v) is 3.28. The first-order valence-corrected chi connectivity index (χ1v) is 6.94. The van der Waals surface area contributed by atoms with Crippen LogP contribution in [0.25, 0.3) is 0 Å². The van der Waals surface area contributed by atoms with E-state index in [1.165, 1.54) is 11.1 Å². The molecule has 0 aliphatic carbocycles. The van der Waals surface area contributed by atoms with Gasteiger partial charge in [-0.3, -0.25) is 4.79 Å². The van der Waals surface area contributed by atoms with E-state index in [2.05, 4.69) is 0 Å². The summed E-state index contributed by atoms with van der Waals surface area (Å²) < 4.78 is 4.92. The molecule has 0 bridgehead atoms. The average molecular weight is 298 g/mol. The normalized spacial score (nSPS) is 16.5. The van der Waals surface area contributed by atoms with Crippen LogP contribution in [-0.4, -0.2) is 66.5 Å². The molecule has 0 spiro atoms. The lowest BCUT2D eigenvalue weighted by molar-refractivity contribution is -0.140. The molecular weight excluding hydrogens is 276 g/mol. The second-order valence-corrected chi connectivity index (χ2v) is 5.14. The van der Waals surface area contributed by atoms with Gasteiger partial charge in [-0.1, -0.05) is 0 Å². The van der Waals surface area contributed by atoms with Gasteiger partial charge in [0.25, 0.3) is 0 Å². The first kappa shape index (κ1) is 17.0. The molecule has 7 nitrogen and oxygen atoms in total. The Balaban J connectivity index is 2.78. The lowest BCUT2D eigenvalue weighted by atomic mass is 9.89. The predicted molar refractivity (Wildman–Crippen MR) is 75.7 cm³/mol. The van der Waals surface area contributed by atoms with E-state index in [1.54, 1.807) is 25.9 Å². The average Bonchev–Trinajstić information content (AvgIpc) is 2.44. The van der Waals surface area contributed by atoms with Crippen LogP contribution >= 0.6 is 0 Å². The summed E-state index contributed by atoms with van der Waals surface area (Å²) in [6.07, 6.45) is 1.34. The standard InChI is InChI=1S/C14H22N2O5/c1-4-21-13(18)11(9-15(2)3)12(17)10-5-7-16(8-6-10)14(19)20/h9-10H,4-8H2,1-3H3,(H,19,20). The van der Waals surface area contributed by atoms with Gasteiger partial charge in [-0.25, -0.2) is 9.59 Å². The summed E-state index contributed by atoms with van der Waals surface area (Å²) in [4.78, 5) is 38.1. The van der Waals surface area contributed by atoms with Gasteiger partial charge in [0.2, 0.25) is 0 Å². The largest absolute Gasteiger partial charge is 0.465 e. The Kier molecular flexibility index (Phi) is 6.20. The summed E-state index contributed by atoms with van der Waals surface area (Å²) in [7, 11) is 3.44. The zero-order valence-corrected chi connectivity index (χ0v) is 12.7. The fourth-order valence-electron chi connectivity index (χ4n) is 2.24. The highest BCUT2D eigenvalue weighted by Crippen LogP contribution is 2.22. The van der Waals surface area contributed by atoms with Crippen molar-refractivity contribution in [3.8, 4) is 0 Å². The molecule has 0 radical (unpaired) electrons. The van der Waals surface area contributed by atoms with E-state index >= 15 is 0 Å². The molecule has 1 aliphatic rings. The van der Waals surface area contributed by atoms with Gasteiger partial charge < -0.3 is 19.6 Å². The van der Waals surface area contributed by atoms with Crippen LogP contribution in [0.5, 0.6) is 0 Å². The number of amides is 1. The minimum atomic E-state index is -0.977. The maximum absolute atomic E-state index is 12.5. The summed E-state index contributed by atoms with van der Waals surface area (Å²) >= 11 is 0. The van der Waals surface area contributed by atoms with Crippen LogP contribution in [-0.2, 0) is 14.3 Å². The minimum absolute atomic E-state index is 0.0237. The monoisotopic (exact) mass is 298 g/mol. The molecule has 21 heavy (non-hydrogen) atoms. The topological polar surface area (TPSA) is 87.2 Å². The van der Waals surface area contributed by atoms with E-state index in [9.17, 15) is 14.4 Å². The fraction of sp³-hybridized carbons (Fsp3) is 0.643. The van der Waals surface area contributed by atoms with Crippen molar-refractivity contribution in [1.29, 1.82) is 0 Å². The number of Topliss-reactive ketones (excluding diaryl/α,β-unsaturated/α-hetero) is 1. The molecule has 1 saturated heterocycles. The van der Waals surface area contributed by atoms with Gasteiger partial charge in [0.05, 0.1) is 6.61 Å². The zero-order chi connectivity index (χ0) is 16.0. The third kappa shape index (κ3) is 4.77. The van der Waals surface area contributed by atoms with Crippen LogP contribution in [0.15, 0.2) is 11.8 Å². The second kappa shape index (κ2) is 7.66. The number of carbonyl (C=O) groups is 3. The molecule has 0 unspecified atom stereocenters. The molecule has 118 valence electrons. The third-order valence-electron chi connectivity index (χ3n) is 3.28. The van der Waals surface area contributed by atoms with Gasteiger partial charge >= 0.3 is 12.1 Å². The fourth-order valence-corrected chi connectivity index (χ4v) is 2.24. The number of rotatable bonds is 5. The van der Waals surface area contributed by atoms with E-state index in [0.717, 1.165) is 0 Å². The van der Waals surface area contributed by atoms with Crippen LogP contribution in [0.4, 0.5) is 4.79 Å². The molecule has 0 aromatic carbocycles. The molecule has 1 N–H and O–H groups in total. The first-order valence-electron chi connectivity index (χ1n) is 6.94. The Hall–Kier alpha value is -2.05. The highest BCUT2D eigenvalue weighted by molar-refractivity contribution is 6.18. The lowest BCUT2D eigenvalue weighted by Crippen LogP contribution is -2.40. The SMILES string of the molecule is CCOC(=O)C(=CN(C)C)C(=O)C1CCN(C(=O)O)CC1. The van der Waals surface area contributed by atoms with Crippen molar-refractivity contribution >= 4 is 17.8 Å². The molecule has 0 aromatic rings. The predicted octanol–water partition coefficient (Wildman–Crippen LogP) is 0.954. The second-order valence-electron chi connectivity index (χ2n) is 5.14. The van der Waals surface area contributed by atoms with Crippen molar-refractivity contribution in [2.75, 3.05) is 33.8 Å². The molecule has 1 fully saturated rings. The molecule has 0 atom stereocenters. The Labute approximate surface area is 124 Å². The molecule has 1 aliphatic heterocycles. The Morgan fingerprint density at radius 1 is 1.29 bits per heavy atom. The van der Waals surface area contributed by atoms with Crippen LogP contribution in [0.2, 0.25) is 0 Å². The van der Waals surface area contributed by atoms with Crippen molar-refractivity contribution in [3.63, 3.8) is 0 Å². The molecule has 1 amide bonds. The molecular formula is C14H22N2O5. The Morgan fingerprint density at radius 3 is 2.29 bits per heavy atom. The van der Waals surface area contributed by atoms with Crippen molar-refractivity contribution < 1.29 is 24.2 Å². The Morgan fingerprint density at radius 2 is 1.86 bits per heavy atom. The number of nitrogens with zero attached hydrogens (tertiary/aromatic N) is 2. The van der Waals surface area contributed by atoms with E-state index in [0.29, 0.717) is 25.9 Å². The summed E-state index contributed by atoms with van der Waals surface area (Å²) in [5, 5.41) is 8.90. The van der Waals surface area contributed by atoms with Crippen LogP contribution in [0.3, 0.4) is 0 Å². The highest BCUT2D eigenvalue weighted by atomic mass is 16.5. The van der Waals surface area contributed by atoms with E-state index in [1.807, 2.05) is 0 Å². The molecule has 0 saturated carbocycles. The highest BCUT2D eigenvalue weighted by Gasteiger charge is 2.32. The maximum Gasteiger partial charge on any atom is 0.407 e. The van der Waals surface area contributed by atoms with Crippen LogP contribution < -0.4 is 0 Å². The number of hydrogen-bond donors (Lipinski definition) is 1. The van der Waals surface area contributed by atoms with Gasteiger partial charge in [0.15, 0.2) is 5.78 Å². The van der Waals surface area contributed by atoms with Gasteiger partial charge in [0, 0.05) is 39.3 Å². The number of piperidine rings is 1. The number of hydrogen-bond acceptors (Lipinski definition) is 5. The molecule has 1 rings (SSSR count). The van der Waals surface area contributed by atoms with E-state index in [4.69, 9.17) is 9.84 Å². The summed E-state index contributed by atoms with van der Waals surface area (Å²) in [5.74, 6) is -1.24. The first-order chi connectivity index (χ1) is 9.86. The summed E-state index contributed by atoms with van der Waals surface area (Å²) in [6, 6.07) is 0. The summed E-state index contributed by atoms with van der Waals surface area (Å²) in [5.41, 5.74) is 0.0237. The zero-order valence-electron chi connectivity index (χ0n) is 12.7. The number of ketones is 1. The van der Waals surface area contributed by atoms with Gasteiger partial charge in [-0.2, -0.15) is 0 Å².